The van der Waals surface area contributed by atoms with Gasteiger partial charge in [-0.2, -0.15) is 0 Å². The van der Waals surface area contributed by atoms with Crippen LogP contribution < -0.4 is 11.1 Å². The molecule has 0 fully saturated rings. The van der Waals surface area contributed by atoms with Gasteiger partial charge in [-0.3, -0.25) is 4.79 Å². The Morgan fingerprint density at radius 1 is 1.48 bits per heavy atom. The molecule has 1 aromatic carbocycles. The fraction of sp³-hybridized carbons (Fsp3) is 0.333. The number of nitrogens with one attached hydrogen (secondary N) is 1. The van der Waals surface area contributed by atoms with Crippen molar-refractivity contribution in [2.75, 3.05) is 11.1 Å². The second-order valence-electron chi connectivity index (χ2n) is 4.77. The summed E-state index contributed by atoms with van der Waals surface area (Å²) < 4.78 is 15.0. The topological polar surface area (TPSA) is 72.9 Å². The zero-order valence-electron chi connectivity index (χ0n) is 12.0. The summed E-state index contributed by atoms with van der Waals surface area (Å²) in [5, 5.41) is 2.69. The van der Waals surface area contributed by atoms with Gasteiger partial charge in [0.15, 0.2) is 0 Å². The summed E-state index contributed by atoms with van der Waals surface area (Å²) in [5.74, 6) is 0.461. The molecule has 1 aromatic heterocycles. The molecule has 3 N–H and O–H groups in total. The number of carbonyl (C=O) groups excluding carboxylic acids is 1. The first kappa shape index (κ1) is 15.0. The minimum Gasteiger partial charge on any atom is -0.397 e. The lowest BCUT2D eigenvalue weighted by molar-refractivity contribution is -0.116. The third-order valence-corrected chi connectivity index (χ3v) is 3.21. The summed E-state index contributed by atoms with van der Waals surface area (Å²) in [4.78, 5) is 16.1. The molecule has 0 saturated carbocycles. The number of hydrogen-bond acceptors (Lipinski definition) is 3. The SMILES string of the molecule is CCc1nccn1CCCC(=O)Nc1ccc(F)cc1N. The fourth-order valence-corrected chi connectivity index (χ4v) is 2.13. The Bertz CT molecular complexity index is 624. The number of benzene rings is 1. The number of nitrogen functional groups attached to an aromatic ring is 1. The highest BCUT2D eigenvalue weighted by molar-refractivity contribution is 5.93. The third-order valence-electron chi connectivity index (χ3n) is 3.21. The molecule has 5 nitrogen and oxygen atoms in total. The van der Waals surface area contributed by atoms with Gasteiger partial charge in [-0.1, -0.05) is 6.92 Å². The molecule has 0 aliphatic heterocycles. The van der Waals surface area contributed by atoms with Gasteiger partial charge in [-0.25, -0.2) is 9.37 Å². The highest BCUT2D eigenvalue weighted by Gasteiger charge is 2.07. The van der Waals surface area contributed by atoms with Crippen LogP contribution in [-0.4, -0.2) is 15.5 Å². The van der Waals surface area contributed by atoms with Crippen LogP contribution in [0.3, 0.4) is 0 Å². The number of hydrogen-bond donors (Lipinski definition) is 2. The number of halogens is 1. The summed E-state index contributed by atoms with van der Waals surface area (Å²) >= 11 is 0. The molecular formula is C15H19FN4O. The van der Waals surface area contributed by atoms with Crippen molar-refractivity contribution in [2.24, 2.45) is 0 Å². The second kappa shape index (κ2) is 6.88. The molecule has 0 spiro atoms. The van der Waals surface area contributed by atoms with Crippen molar-refractivity contribution in [3.8, 4) is 0 Å². The highest BCUT2D eigenvalue weighted by atomic mass is 19.1. The molecular weight excluding hydrogens is 271 g/mol. The van der Waals surface area contributed by atoms with Crippen LogP contribution in [0.25, 0.3) is 0 Å². The molecule has 112 valence electrons. The normalized spacial score (nSPS) is 10.6. The van der Waals surface area contributed by atoms with E-state index >= 15 is 0 Å². The molecule has 0 saturated heterocycles. The minimum atomic E-state index is -0.419. The Morgan fingerprint density at radius 3 is 3.00 bits per heavy atom. The van der Waals surface area contributed by atoms with E-state index in [9.17, 15) is 9.18 Å². The van der Waals surface area contributed by atoms with Crippen molar-refractivity contribution in [2.45, 2.75) is 32.7 Å². The number of aromatic nitrogens is 2. The summed E-state index contributed by atoms with van der Waals surface area (Å²) in [6.45, 7) is 2.79. The highest BCUT2D eigenvalue weighted by Crippen LogP contribution is 2.19. The minimum absolute atomic E-state index is 0.133. The average Bonchev–Trinajstić information content (AvgIpc) is 2.89. The summed E-state index contributed by atoms with van der Waals surface area (Å²) in [6, 6.07) is 3.92. The van der Waals surface area contributed by atoms with E-state index in [4.69, 9.17) is 5.73 Å². The molecule has 0 atom stereocenters. The number of carbonyl (C=O) groups is 1. The Balaban J connectivity index is 1.82. The van der Waals surface area contributed by atoms with Gasteiger partial charge in [0.1, 0.15) is 11.6 Å². The maximum absolute atomic E-state index is 12.9. The fourth-order valence-electron chi connectivity index (χ4n) is 2.13. The van der Waals surface area contributed by atoms with Gasteiger partial charge >= 0.3 is 0 Å². The lowest BCUT2D eigenvalue weighted by Gasteiger charge is -2.09. The van der Waals surface area contributed by atoms with Gasteiger partial charge in [0.2, 0.25) is 5.91 Å². The standard InChI is InChI=1S/C15H19FN4O/c1-2-14-18-7-9-20(14)8-3-4-15(21)19-13-6-5-11(16)10-12(13)17/h5-7,9-10H,2-4,8,17H2,1H3,(H,19,21). The molecule has 2 rings (SSSR count). The molecule has 6 heteroatoms. The van der Waals surface area contributed by atoms with E-state index in [1.165, 1.54) is 18.2 Å². The molecule has 0 unspecified atom stereocenters. The quantitative estimate of drug-likeness (QED) is 0.803. The van der Waals surface area contributed by atoms with Crippen molar-refractivity contribution in [1.82, 2.24) is 9.55 Å². The van der Waals surface area contributed by atoms with Crippen LogP contribution in [0.5, 0.6) is 0 Å². The molecule has 21 heavy (non-hydrogen) atoms. The Hall–Kier alpha value is -2.37. The van der Waals surface area contributed by atoms with E-state index in [0.717, 1.165) is 18.8 Å². The predicted molar refractivity (Wildman–Crippen MR) is 80.3 cm³/mol. The molecule has 0 aliphatic rings. The van der Waals surface area contributed by atoms with Crippen LogP contribution >= 0.6 is 0 Å². The van der Waals surface area contributed by atoms with Crippen LogP contribution in [0.4, 0.5) is 15.8 Å². The van der Waals surface area contributed by atoms with Gasteiger partial charge in [0.25, 0.3) is 0 Å². The Labute approximate surface area is 123 Å². The lowest BCUT2D eigenvalue weighted by Crippen LogP contribution is -2.14. The number of aryl methyl sites for hydroxylation is 2. The maximum Gasteiger partial charge on any atom is 0.224 e. The summed E-state index contributed by atoms with van der Waals surface area (Å²) in [6.07, 6.45) is 5.62. The van der Waals surface area contributed by atoms with Crippen LogP contribution in [0.15, 0.2) is 30.6 Å². The number of imidazole rings is 1. The van der Waals surface area contributed by atoms with Gasteiger partial charge in [-0.15, -0.1) is 0 Å². The van der Waals surface area contributed by atoms with Crippen LogP contribution in [-0.2, 0) is 17.8 Å². The van der Waals surface area contributed by atoms with Gasteiger partial charge in [0.05, 0.1) is 11.4 Å². The first-order valence-corrected chi connectivity index (χ1v) is 6.95. The third kappa shape index (κ3) is 4.05. The zero-order chi connectivity index (χ0) is 15.2. The number of rotatable bonds is 6. The van der Waals surface area contributed by atoms with Crippen molar-refractivity contribution < 1.29 is 9.18 Å². The van der Waals surface area contributed by atoms with Crippen LogP contribution in [0.2, 0.25) is 0 Å². The van der Waals surface area contributed by atoms with Crippen molar-refractivity contribution >= 4 is 17.3 Å². The zero-order valence-corrected chi connectivity index (χ0v) is 12.0. The van der Waals surface area contributed by atoms with Gasteiger partial charge in [-0.05, 0) is 24.6 Å². The van der Waals surface area contributed by atoms with E-state index in [0.29, 0.717) is 18.5 Å². The Morgan fingerprint density at radius 2 is 2.29 bits per heavy atom. The first-order valence-electron chi connectivity index (χ1n) is 6.95. The second-order valence-corrected chi connectivity index (χ2v) is 4.77. The molecule has 0 aliphatic carbocycles. The van der Waals surface area contributed by atoms with E-state index < -0.39 is 5.82 Å². The van der Waals surface area contributed by atoms with Crippen LogP contribution in [0.1, 0.15) is 25.6 Å². The number of amides is 1. The Kier molecular flexibility index (Phi) is 4.92. The number of nitrogens with two attached hydrogens (primary N) is 1. The van der Waals surface area contributed by atoms with Crippen molar-refractivity contribution in [1.29, 1.82) is 0 Å². The van der Waals surface area contributed by atoms with Crippen molar-refractivity contribution in [3.05, 3.63) is 42.2 Å². The van der Waals surface area contributed by atoms with Gasteiger partial charge in [0, 0.05) is 31.8 Å². The largest absolute Gasteiger partial charge is 0.397 e. The lowest BCUT2D eigenvalue weighted by atomic mass is 10.2. The van der Waals surface area contributed by atoms with E-state index in [1.807, 2.05) is 17.7 Å². The van der Waals surface area contributed by atoms with Gasteiger partial charge < -0.3 is 15.6 Å². The molecule has 1 amide bonds. The van der Waals surface area contributed by atoms with Crippen LogP contribution in [0, 0.1) is 5.82 Å². The molecule has 2 aromatic rings. The van der Waals surface area contributed by atoms with E-state index in [1.54, 1.807) is 6.20 Å². The predicted octanol–water partition coefficient (Wildman–Crippen LogP) is 2.59. The summed E-state index contributed by atoms with van der Waals surface area (Å²) in [5.41, 5.74) is 6.32. The van der Waals surface area contributed by atoms with E-state index in [2.05, 4.69) is 10.3 Å². The molecule has 0 bridgehead atoms. The average molecular weight is 290 g/mol. The smallest absolute Gasteiger partial charge is 0.224 e. The van der Waals surface area contributed by atoms with E-state index in [-0.39, 0.29) is 11.6 Å². The maximum atomic E-state index is 12.9. The summed E-state index contributed by atoms with van der Waals surface area (Å²) in [7, 11) is 0. The molecule has 1 heterocycles. The first-order chi connectivity index (χ1) is 10.1. The monoisotopic (exact) mass is 290 g/mol. The van der Waals surface area contributed by atoms with Crippen molar-refractivity contribution in [3.63, 3.8) is 0 Å². The number of anilines is 2. The number of nitrogens with zero attached hydrogens (tertiary/aromatic N) is 2. The molecule has 0 radical (unpaired) electrons.